The van der Waals surface area contributed by atoms with Crippen LogP contribution in [-0.4, -0.2) is 96.0 Å². The molecular weight excluding hydrogens is 737 g/mol. The van der Waals surface area contributed by atoms with E-state index in [0.29, 0.717) is 73.8 Å². The maximum Gasteiger partial charge on any atom is 0.146 e. The van der Waals surface area contributed by atoms with Crippen LogP contribution < -0.4 is 0 Å². The van der Waals surface area contributed by atoms with E-state index in [9.17, 15) is 19.5 Å². The van der Waals surface area contributed by atoms with Crippen molar-refractivity contribution in [2.24, 2.45) is 68.0 Å². The first-order chi connectivity index (χ1) is 27.4. The first-order valence-corrected chi connectivity index (χ1v) is 22.8. The van der Waals surface area contributed by atoms with Crippen LogP contribution in [0.25, 0.3) is 0 Å². The highest BCUT2D eigenvalue weighted by atomic mass is 16.7. The summed E-state index contributed by atoms with van der Waals surface area (Å²) in [7, 11) is 6.95. The van der Waals surface area contributed by atoms with E-state index in [-0.39, 0.29) is 78.1 Å². The van der Waals surface area contributed by atoms with Crippen molar-refractivity contribution in [3.05, 3.63) is 0 Å². The lowest BCUT2D eigenvalue weighted by atomic mass is 9.43. The smallest absolute Gasteiger partial charge is 0.146 e. The average Bonchev–Trinajstić information content (AvgIpc) is 3.82. The Morgan fingerprint density at radius 2 is 1.03 bits per heavy atom. The summed E-state index contributed by atoms with van der Waals surface area (Å²) < 4.78 is 35.4. The Bertz CT molecular complexity index is 1420. The van der Waals surface area contributed by atoms with Gasteiger partial charge >= 0.3 is 0 Å². The fourth-order valence-electron chi connectivity index (χ4n) is 15.1. The Balaban J connectivity index is 0.000000221. The summed E-state index contributed by atoms with van der Waals surface area (Å²) in [6, 6.07) is 0. The Hall–Kier alpha value is -1.27. The number of ether oxygens (including phenoxy) is 6. The lowest BCUT2D eigenvalue weighted by Crippen LogP contribution is -2.63. The van der Waals surface area contributed by atoms with E-state index in [4.69, 9.17) is 28.4 Å². The highest BCUT2D eigenvalue weighted by Gasteiger charge is 2.69. The maximum atomic E-state index is 14.0. The molecule has 0 aromatic carbocycles. The number of carbonyl (C=O) groups excluding carboxylic acids is 3. The van der Waals surface area contributed by atoms with Crippen molar-refractivity contribution in [2.45, 2.75) is 170 Å². The molecule has 0 radical (unpaired) electrons. The summed E-state index contributed by atoms with van der Waals surface area (Å²) in [6.07, 6.45) is 13.3. The van der Waals surface area contributed by atoms with Gasteiger partial charge < -0.3 is 38.3 Å². The fourth-order valence-corrected chi connectivity index (χ4v) is 15.1. The van der Waals surface area contributed by atoms with Gasteiger partial charge in [-0.05, 0) is 118 Å². The van der Waals surface area contributed by atoms with Gasteiger partial charge in [-0.3, -0.25) is 9.59 Å². The second kappa shape index (κ2) is 18.6. The fraction of sp³-hybridized carbons (Fsp3) is 0.938. The molecule has 4 bridgehead atoms. The Kier molecular flexibility index (Phi) is 15.3. The van der Waals surface area contributed by atoms with Crippen LogP contribution in [0.15, 0.2) is 0 Å². The molecule has 16 atom stereocenters. The number of Topliss-reactive ketones (excluding diaryl/α,β-unsaturated/α-hetero) is 2. The SMILES string of the molecule is COCOC1C[C@@](C)(CCC=O)C(=O)[C@H](C)C23CC[C@@H](C)[C@]1(C)C2[C@H](OC)CC3.COCOC1C[C@@](C)(CCCO)C(=O)[C@H](C)C23CC[C@@H](C)[C@]1(C)C2[C@H](OC)CC3. The van der Waals surface area contributed by atoms with Gasteiger partial charge in [0.25, 0.3) is 0 Å². The molecule has 6 aliphatic carbocycles. The predicted molar refractivity (Wildman–Crippen MR) is 224 cm³/mol. The van der Waals surface area contributed by atoms with Gasteiger partial charge in [0.05, 0.1) is 24.4 Å². The zero-order valence-corrected chi connectivity index (χ0v) is 38.5. The van der Waals surface area contributed by atoms with Gasteiger partial charge in [-0.1, -0.05) is 55.4 Å². The van der Waals surface area contributed by atoms with E-state index >= 15 is 0 Å². The summed E-state index contributed by atoms with van der Waals surface area (Å²) in [5.74, 6) is 2.20. The quantitative estimate of drug-likeness (QED) is 0.135. The normalized spacial score (nSPS) is 47.5. The molecule has 10 nitrogen and oxygen atoms in total. The van der Waals surface area contributed by atoms with Crippen molar-refractivity contribution in [3.8, 4) is 0 Å². The third kappa shape index (κ3) is 7.76. The van der Waals surface area contributed by atoms with Gasteiger partial charge in [0, 0.05) is 75.0 Å². The summed E-state index contributed by atoms with van der Waals surface area (Å²) >= 11 is 0. The number of methoxy groups -OCH3 is 4. The first-order valence-electron chi connectivity index (χ1n) is 22.8. The van der Waals surface area contributed by atoms with Crippen molar-refractivity contribution >= 4 is 17.9 Å². The van der Waals surface area contributed by atoms with Crippen LogP contribution in [0, 0.1) is 68.0 Å². The van der Waals surface area contributed by atoms with E-state index < -0.39 is 10.8 Å². The number of hydrogen-bond donors (Lipinski definition) is 1. The summed E-state index contributed by atoms with van der Waals surface area (Å²) in [4.78, 5) is 39.1. The number of aldehydes is 1. The minimum atomic E-state index is -0.555. The Morgan fingerprint density at radius 1 is 0.638 bits per heavy atom. The molecule has 6 saturated carbocycles. The molecule has 1 N–H and O–H groups in total. The molecule has 6 rings (SSSR count). The summed E-state index contributed by atoms with van der Waals surface area (Å²) in [5.41, 5.74) is -1.29. The Morgan fingerprint density at radius 3 is 1.40 bits per heavy atom. The second-order valence-electron chi connectivity index (χ2n) is 21.0. The van der Waals surface area contributed by atoms with Crippen LogP contribution in [0.3, 0.4) is 0 Å². The number of hydrogen-bond acceptors (Lipinski definition) is 10. The zero-order valence-electron chi connectivity index (χ0n) is 38.5. The highest BCUT2D eigenvalue weighted by molar-refractivity contribution is 5.88. The number of aliphatic hydroxyl groups excluding tert-OH is 1. The van der Waals surface area contributed by atoms with Crippen molar-refractivity contribution in [1.29, 1.82) is 0 Å². The van der Waals surface area contributed by atoms with E-state index in [1.165, 1.54) is 0 Å². The third-order valence-corrected chi connectivity index (χ3v) is 18.8. The topological polar surface area (TPSA) is 127 Å². The largest absolute Gasteiger partial charge is 0.396 e. The van der Waals surface area contributed by atoms with Crippen LogP contribution in [-0.2, 0) is 42.8 Å². The van der Waals surface area contributed by atoms with Gasteiger partial charge in [-0.25, -0.2) is 0 Å². The van der Waals surface area contributed by atoms with E-state index in [1.54, 1.807) is 14.2 Å². The minimum Gasteiger partial charge on any atom is -0.396 e. The predicted octanol–water partition coefficient (Wildman–Crippen LogP) is 8.63. The van der Waals surface area contributed by atoms with Gasteiger partial charge in [0.1, 0.15) is 31.4 Å². The molecule has 0 heterocycles. The van der Waals surface area contributed by atoms with Gasteiger partial charge in [-0.15, -0.1) is 0 Å². The standard InChI is InChI=1S/C24H42O5.C24H40O5/c2*1-16-8-11-24-12-9-18(28-6)20(24)23(16,4)19(29-15-27-5)14-22(3,10-7-13-25)21(26)17(24)2/h16-20,25H,7-15H2,1-6H3;13,16-20H,7-12,14-15H2,1-6H3/t2*16-,17+,18-,19?,20?,22-,23+,24?/m11/s1. The number of carbonyl (C=O) groups is 3. The molecule has 6 aliphatic rings. The number of ketones is 2. The molecule has 6 fully saturated rings. The lowest BCUT2D eigenvalue weighted by Gasteiger charge is -2.62. The molecular formula is C48H82O10. The van der Waals surface area contributed by atoms with Gasteiger partial charge in [0.15, 0.2) is 0 Å². The van der Waals surface area contributed by atoms with Crippen LogP contribution in [0.5, 0.6) is 0 Å². The zero-order chi connectivity index (χ0) is 42.9. The molecule has 58 heavy (non-hydrogen) atoms. The van der Waals surface area contributed by atoms with Crippen LogP contribution >= 0.6 is 0 Å². The van der Waals surface area contributed by atoms with E-state index in [0.717, 1.165) is 57.7 Å². The third-order valence-electron chi connectivity index (χ3n) is 18.8. The second-order valence-corrected chi connectivity index (χ2v) is 21.0. The van der Waals surface area contributed by atoms with Crippen LogP contribution in [0.1, 0.15) is 145 Å². The molecule has 334 valence electrons. The molecule has 0 aromatic rings. The molecule has 0 amide bonds. The summed E-state index contributed by atoms with van der Waals surface area (Å²) in [6.45, 7) is 18.5. The molecule has 0 saturated heterocycles. The maximum absolute atomic E-state index is 14.0. The number of aliphatic hydroxyl groups is 1. The summed E-state index contributed by atoms with van der Waals surface area (Å²) in [5, 5.41) is 9.49. The van der Waals surface area contributed by atoms with Crippen LogP contribution in [0.4, 0.5) is 0 Å². The van der Waals surface area contributed by atoms with Crippen molar-refractivity contribution in [1.82, 2.24) is 0 Å². The van der Waals surface area contributed by atoms with Crippen molar-refractivity contribution in [3.63, 3.8) is 0 Å². The van der Waals surface area contributed by atoms with E-state index in [1.807, 2.05) is 14.2 Å². The molecule has 0 aromatic heterocycles. The van der Waals surface area contributed by atoms with Gasteiger partial charge in [-0.2, -0.15) is 0 Å². The molecule has 0 spiro atoms. The molecule has 6 unspecified atom stereocenters. The monoisotopic (exact) mass is 819 g/mol. The van der Waals surface area contributed by atoms with Crippen molar-refractivity contribution in [2.75, 3.05) is 48.6 Å². The van der Waals surface area contributed by atoms with Crippen LogP contribution in [0.2, 0.25) is 0 Å². The van der Waals surface area contributed by atoms with Crippen molar-refractivity contribution < 1.29 is 47.9 Å². The first kappa shape index (κ1) is 47.8. The van der Waals surface area contributed by atoms with Gasteiger partial charge in [0.2, 0.25) is 0 Å². The highest BCUT2D eigenvalue weighted by Crippen LogP contribution is 2.70. The minimum absolute atomic E-state index is 0.00606. The number of rotatable bonds is 14. The lowest BCUT2D eigenvalue weighted by molar-refractivity contribution is -0.220. The molecule has 0 aliphatic heterocycles. The van der Waals surface area contributed by atoms with E-state index in [2.05, 4.69) is 55.4 Å². The molecule has 10 heteroatoms. The average molecular weight is 819 g/mol. The Labute approximate surface area is 351 Å².